The van der Waals surface area contributed by atoms with E-state index in [1.807, 2.05) is 0 Å². The van der Waals surface area contributed by atoms with Gasteiger partial charge in [-0.15, -0.1) is 0 Å². The average molecular weight is 243 g/mol. The van der Waals surface area contributed by atoms with Crippen molar-refractivity contribution in [1.29, 1.82) is 0 Å². The van der Waals surface area contributed by atoms with E-state index >= 15 is 0 Å². The van der Waals surface area contributed by atoms with Gasteiger partial charge in [-0.1, -0.05) is 38.1 Å². The molecule has 2 aromatic rings. The standard InChI is InChI=1S/C16H18FN/c1-12(2)14-4-3-5-16(10-14)18-11-13-6-8-15(17)9-7-13/h3-10,12,18H,11H2,1-2H3. The van der Waals surface area contributed by atoms with Crippen LogP contribution in [0.2, 0.25) is 0 Å². The molecule has 0 amide bonds. The lowest BCUT2D eigenvalue weighted by molar-refractivity contribution is 0.627. The van der Waals surface area contributed by atoms with Crippen LogP contribution in [0.3, 0.4) is 0 Å². The first-order valence-electron chi connectivity index (χ1n) is 6.23. The van der Waals surface area contributed by atoms with Crippen LogP contribution in [0.25, 0.3) is 0 Å². The van der Waals surface area contributed by atoms with E-state index in [1.165, 1.54) is 17.7 Å². The Kier molecular flexibility index (Phi) is 3.98. The molecular weight excluding hydrogens is 225 g/mol. The van der Waals surface area contributed by atoms with Crippen LogP contribution >= 0.6 is 0 Å². The number of hydrogen-bond acceptors (Lipinski definition) is 1. The highest BCUT2D eigenvalue weighted by molar-refractivity contribution is 5.46. The summed E-state index contributed by atoms with van der Waals surface area (Å²) < 4.78 is 12.8. The van der Waals surface area contributed by atoms with Crippen LogP contribution < -0.4 is 5.32 Å². The molecule has 2 heteroatoms. The minimum atomic E-state index is -0.194. The van der Waals surface area contributed by atoms with Gasteiger partial charge in [-0.05, 0) is 41.3 Å². The molecule has 18 heavy (non-hydrogen) atoms. The summed E-state index contributed by atoms with van der Waals surface area (Å²) in [4.78, 5) is 0. The summed E-state index contributed by atoms with van der Waals surface area (Å²) in [6, 6.07) is 15.0. The lowest BCUT2D eigenvalue weighted by atomic mass is 10.0. The topological polar surface area (TPSA) is 12.0 Å². The van der Waals surface area contributed by atoms with E-state index in [9.17, 15) is 4.39 Å². The second kappa shape index (κ2) is 5.67. The van der Waals surface area contributed by atoms with Gasteiger partial charge in [0.15, 0.2) is 0 Å². The van der Waals surface area contributed by atoms with Gasteiger partial charge in [0, 0.05) is 12.2 Å². The molecule has 0 spiro atoms. The second-order valence-corrected chi connectivity index (χ2v) is 4.76. The van der Waals surface area contributed by atoms with E-state index in [0.29, 0.717) is 12.5 Å². The molecule has 0 aliphatic rings. The Bertz CT molecular complexity index is 503. The molecule has 2 aromatic carbocycles. The molecule has 0 aromatic heterocycles. The van der Waals surface area contributed by atoms with Crippen LogP contribution in [0.1, 0.15) is 30.9 Å². The fraction of sp³-hybridized carbons (Fsp3) is 0.250. The van der Waals surface area contributed by atoms with Gasteiger partial charge < -0.3 is 5.32 Å². The third-order valence-corrected chi connectivity index (χ3v) is 2.96. The lowest BCUT2D eigenvalue weighted by Crippen LogP contribution is -2.00. The Morgan fingerprint density at radius 2 is 1.78 bits per heavy atom. The van der Waals surface area contributed by atoms with Crippen LogP contribution in [0.4, 0.5) is 10.1 Å². The molecular formula is C16H18FN. The highest BCUT2D eigenvalue weighted by Gasteiger charge is 2.00. The molecule has 94 valence electrons. The van der Waals surface area contributed by atoms with Crippen LogP contribution in [-0.4, -0.2) is 0 Å². The maximum absolute atomic E-state index is 12.8. The summed E-state index contributed by atoms with van der Waals surface area (Å²) >= 11 is 0. The maximum Gasteiger partial charge on any atom is 0.123 e. The van der Waals surface area contributed by atoms with E-state index in [4.69, 9.17) is 0 Å². The van der Waals surface area contributed by atoms with Crippen molar-refractivity contribution >= 4 is 5.69 Å². The van der Waals surface area contributed by atoms with Crippen LogP contribution in [0.5, 0.6) is 0 Å². The van der Waals surface area contributed by atoms with Gasteiger partial charge in [0.05, 0.1) is 0 Å². The Balaban J connectivity index is 2.01. The van der Waals surface area contributed by atoms with Crippen molar-refractivity contribution in [3.8, 4) is 0 Å². The van der Waals surface area contributed by atoms with Gasteiger partial charge in [-0.25, -0.2) is 4.39 Å². The third kappa shape index (κ3) is 3.33. The van der Waals surface area contributed by atoms with Gasteiger partial charge in [0.25, 0.3) is 0 Å². The van der Waals surface area contributed by atoms with Gasteiger partial charge in [0.2, 0.25) is 0 Å². The van der Waals surface area contributed by atoms with Crippen molar-refractivity contribution in [2.75, 3.05) is 5.32 Å². The normalized spacial score (nSPS) is 10.7. The molecule has 0 atom stereocenters. The van der Waals surface area contributed by atoms with E-state index in [2.05, 4.69) is 43.4 Å². The molecule has 0 unspecified atom stereocenters. The predicted molar refractivity (Wildman–Crippen MR) is 74.3 cm³/mol. The van der Waals surface area contributed by atoms with E-state index < -0.39 is 0 Å². The van der Waals surface area contributed by atoms with E-state index in [1.54, 1.807) is 12.1 Å². The molecule has 0 heterocycles. The number of hydrogen-bond donors (Lipinski definition) is 1. The van der Waals surface area contributed by atoms with E-state index in [-0.39, 0.29) is 5.82 Å². The summed E-state index contributed by atoms with van der Waals surface area (Å²) in [6.45, 7) is 5.07. The Morgan fingerprint density at radius 1 is 1.06 bits per heavy atom. The molecule has 0 aliphatic carbocycles. The van der Waals surface area contributed by atoms with Crippen molar-refractivity contribution in [2.45, 2.75) is 26.3 Å². The van der Waals surface area contributed by atoms with Gasteiger partial charge in [-0.2, -0.15) is 0 Å². The smallest absolute Gasteiger partial charge is 0.123 e. The first-order valence-corrected chi connectivity index (χ1v) is 6.23. The highest BCUT2D eigenvalue weighted by atomic mass is 19.1. The maximum atomic E-state index is 12.8. The van der Waals surface area contributed by atoms with Crippen molar-refractivity contribution in [1.82, 2.24) is 0 Å². The molecule has 0 saturated heterocycles. The van der Waals surface area contributed by atoms with Crippen molar-refractivity contribution < 1.29 is 4.39 Å². The van der Waals surface area contributed by atoms with Crippen molar-refractivity contribution in [3.63, 3.8) is 0 Å². The van der Waals surface area contributed by atoms with Gasteiger partial charge >= 0.3 is 0 Å². The summed E-state index contributed by atoms with van der Waals surface area (Å²) in [5.41, 5.74) is 3.50. The highest BCUT2D eigenvalue weighted by Crippen LogP contribution is 2.19. The number of halogens is 1. The fourth-order valence-corrected chi connectivity index (χ4v) is 1.81. The number of anilines is 1. The number of benzene rings is 2. The predicted octanol–water partition coefficient (Wildman–Crippen LogP) is 4.56. The molecule has 0 bridgehead atoms. The largest absolute Gasteiger partial charge is 0.381 e. The van der Waals surface area contributed by atoms with Gasteiger partial charge in [-0.3, -0.25) is 0 Å². The average Bonchev–Trinajstić information content (AvgIpc) is 2.38. The second-order valence-electron chi connectivity index (χ2n) is 4.76. The minimum absolute atomic E-state index is 0.194. The molecule has 2 rings (SSSR count). The summed E-state index contributed by atoms with van der Waals surface area (Å²) in [6.07, 6.45) is 0. The zero-order valence-electron chi connectivity index (χ0n) is 10.8. The zero-order chi connectivity index (χ0) is 13.0. The van der Waals surface area contributed by atoms with Crippen molar-refractivity contribution in [3.05, 3.63) is 65.5 Å². The molecule has 0 radical (unpaired) electrons. The molecule has 0 fully saturated rings. The molecule has 0 saturated carbocycles. The summed E-state index contributed by atoms with van der Waals surface area (Å²) in [7, 11) is 0. The number of rotatable bonds is 4. The lowest BCUT2D eigenvalue weighted by Gasteiger charge is -2.10. The first-order chi connectivity index (χ1) is 8.65. The van der Waals surface area contributed by atoms with Crippen LogP contribution in [0, 0.1) is 5.82 Å². The molecule has 1 N–H and O–H groups in total. The van der Waals surface area contributed by atoms with E-state index in [0.717, 1.165) is 11.3 Å². The SMILES string of the molecule is CC(C)c1cccc(NCc2ccc(F)cc2)c1. The quantitative estimate of drug-likeness (QED) is 0.830. The molecule has 1 nitrogen and oxygen atoms in total. The van der Waals surface area contributed by atoms with Crippen LogP contribution in [-0.2, 0) is 6.54 Å². The van der Waals surface area contributed by atoms with Crippen molar-refractivity contribution in [2.24, 2.45) is 0 Å². The third-order valence-electron chi connectivity index (χ3n) is 2.96. The Labute approximate surface area is 108 Å². The molecule has 0 aliphatic heterocycles. The minimum Gasteiger partial charge on any atom is -0.381 e. The number of nitrogens with one attached hydrogen (secondary N) is 1. The fourth-order valence-electron chi connectivity index (χ4n) is 1.81. The monoisotopic (exact) mass is 243 g/mol. The summed E-state index contributed by atoms with van der Waals surface area (Å²) in [5, 5.41) is 3.35. The Morgan fingerprint density at radius 3 is 2.44 bits per heavy atom. The first kappa shape index (κ1) is 12.6. The van der Waals surface area contributed by atoms with Crippen LogP contribution in [0.15, 0.2) is 48.5 Å². The summed E-state index contributed by atoms with van der Waals surface area (Å²) in [5.74, 6) is 0.332. The van der Waals surface area contributed by atoms with Gasteiger partial charge in [0.1, 0.15) is 5.82 Å². The Hall–Kier alpha value is -1.83. The zero-order valence-corrected chi connectivity index (χ0v) is 10.8.